The molecule has 0 unspecified atom stereocenters. The molecule has 0 bridgehead atoms. The van der Waals surface area contributed by atoms with E-state index in [1.165, 1.54) is 12.1 Å². The molecule has 0 aromatic heterocycles. The Balaban J connectivity index is 1.63. The van der Waals surface area contributed by atoms with E-state index < -0.39 is 23.8 Å². The molecule has 0 aliphatic carbocycles. The van der Waals surface area contributed by atoms with Crippen LogP contribution in [0.2, 0.25) is 0 Å². The summed E-state index contributed by atoms with van der Waals surface area (Å²) in [6.45, 7) is 3.02. The fraction of sp³-hybridized carbons (Fsp3) is 0.588. The summed E-state index contributed by atoms with van der Waals surface area (Å²) < 4.78 is 38.2. The highest BCUT2D eigenvalue weighted by Crippen LogP contribution is 2.36. The molecule has 1 aromatic carbocycles. The molecule has 0 radical (unpaired) electrons. The molecule has 132 valence electrons. The minimum atomic E-state index is -4.43. The summed E-state index contributed by atoms with van der Waals surface area (Å²) in [6, 6.07) is 4.76. The summed E-state index contributed by atoms with van der Waals surface area (Å²) in [7, 11) is 0. The Labute approximate surface area is 138 Å². The highest BCUT2D eigenvalue weighted by molar-refractivity contribution is 5.81. The summed E-state index contributed by atoms with van der Waals surface area (Å²) in [5, 5.41) is 13.5. The number of carbonyl (C=O) groups is 1. The lowest BCUT2D eigenvalue weighted by Gasteiger charge is -2.24. The average molecular weight is 342 g/mol. The smallest absolute Gasteiger partial charge is 0.383 e. The highest BCUT2D eigenvalue weighted by Gasteiger charge is 2.42. The number of aliphatic hydroxyl groups excluding tert-OH is 1. The Bertz CT molecular complexity index is 612. The van der Waals surface area contributed by atoms with Crippen molar-refractivity contribution in [3.63, 3.8) is 0 Å². The molecule has 4 nitrogen and oxygen atoms in total. The Morgan fingerprint density at radius 2 is 2.17 bits per heavy atom. The van der Waals surface area contributed by atoms with Gasteiger partial charge in [-0.3, -0.25) is 4.79 Å². The van der Waals surface area contributed by atoms with E-state index in [9.17, 15) is 23.1 Å². The first-order chi connectivity index (χ1) is 11.3. The molecule has 2 aliphatic heterocycles. The van der Waals surface area contributed by atoms with Crippen LogP contribution in [-0.4, -0.2) is 48.2 Å². The third-order valence-electron chi connectivity index (χ3n) is 5.05. The third-order valence-corrected chi connectivity index (χ3v) is 5.05. The van der Waals surface area contributed by atoms with Crippen molar-refractivity contribution >= 4 is 5.91 Å². The Morgan fingerprint density at radius 3 is 2.83 bits per heavy atom. The van der Waals surface area contributed by atoms with Gasteiger partial charge in [0.25, 0.3) is 5.91 Å². The van der Waals surface area contributed by atoms with Crippen LogP contribution in [0.4, 0.5) is 13.2 Å². The van der Waals surface area contributed by atoms with E-state index in [0.717, 1.165) is 38.1 Å². The van der Waals surface area contributed by atoms with Gasteiger partial charge in [0.1, 0.15) is 6.10 Å². The van der Waals surface area contributed by atoms with Crippen LogP contribution in [-0.2, 0) is 17.4 Å². The van der Waals surface area contributed by atoms with E-state index in [0.29, 0.717) is 18.7 Å². The van der Waals surface area contributed by atoms with Crippen molar-refractivity contribution in [2.75, 3.05) is 26.2 Å². The lowest BCUT2D eigenvalue weighted by Crippen LogP contribution is -2.40. The van der Waals surface area contributed by atoms with Gasteiger partial charge in [0, 0.05) is 31.5 Å². The molecule has 1 aromatic rings. The van der Waals surface area contributed by atoms with Crippen LogP contribution >= 0.6 is 0 Å². The molecule has 2 atom stereocenters. The largest absolute Gasteiger partial charge is 0.416 e. The number of rotatable bonds is 3. The predicted molar refractivity (Wildman–Crippen MR) is 82.3 cm³/mol. The van der Waals surface area contributed by atoms with E-state index >= 15 is 0 Å². The van der Waals surface area contributed by atoms with Crippen molar-refractivity contribution in [1.29, 1.82) is 0 Å². The van der Waals surface area contributed by atoms with Crippen molar-refractivity contribution in [1.82, 2.24) is 10.2 Å². The van der Waals surface area contributed by atoms with Crippen LogP contribution in [0.5, 0.6) is 0 Å². The molecular weight excluding hydrogens is 321 g/mol. The second kappa shape index (κ2) is 6.37. The number of alkyl halides is 3. The van der Waals surface area contributed by atoms with Crippen LogP contribution < -0.4 is 5.32 Å². The zero-order valence-corrected chi connectivity index (χ0v) is 13.3. The minimum absolute atomic E-state index is 0.103. The maximum absolute atomic E-state index is 12.7. The normalized spacial score (nSPS) is 25.4. The van der Waals surface area contributed by atoms with Gasteiger partial charge in [-0.25, -0.2) is 0 Å². The average Bonchev–Trinajstić information content (AvgIpc) is 3.16. The van der Waals surface area contributed by atoms with Crippen LogP contribution in [0.3, 0.4) is 0 Å². The van der Waals surface area contributed by atoms with Gasteiger partial charge in [-0.05, 0) is 31.0 Å². The first kappa shape index (κ1) is 17.2. The van der Waals surface area contributed by atoms with Gasteiger partial charge in [0.05, 0.1) is 5.56 Å². The molecule has 2 N–H and O–H groups in total. The molecule has 7 heteroatoms. The van der Waals surface area contributed by atoms with Crippen molar-refractivity contribution in [2.45, 2.75) is 31.5 Å². The Kier molecular flexibility index (Phi) is 4.57. The number of aliphatic hydroxyl groups is 1. The maximum atomic E-state index is 12.7. The molecule has 2 fully saturated rings. The molecule has 0 saturated carbocycles. The summed E-state index contributed by atoms with van der Waals surface area (Å²) >= 11 is 0. The zero-order chi connectivity index (χ0) is 17.4. The Morgan fingerprint density at radius 1 is 1.38 bits per heavy atom. The van der Waals surface area contributed by atoms with E-state index in [4.69, 9.17) is 0 Å². The number of likely N-dealkylation sites (tertiary alicyclic amines) is 1. The van der Waals surface area contributed by atoms with E-state index in [2.05, 4.69) is 5.32 Å². The van der Waals surface area contributed by atoms with Gasteiger partial charge in [0.2, 0.25) is 0 Å². The van der Waals surface area contributed by atoms with Gasteiger partial charge < -0.3 is 15.3 Å². The van der Waals surface area contributed by atoms with Gasteiger partial charge in [-0.2, -0.15) is 13.2 Å². The van der Waals surface area contributed by atoms with E-state index in [-0.39, 0.29) is 11.8 Å². The van der Waals surface area contributed by atoms with Crippen molar-refractivity contribution in [3.05, 3.63) is 35.4 Å². The number of amides is 1. The molecular formula is C17H21F3N2O2. The second-order valence-corrected chi connectivity index (χ2v) is 6.85. The number of nitrogens with one attached hydrogen (secondary N) is 1. The molecule has 1 spiro atoms. The summed E-state index contributed by atoms with van der Waals surface area (Å²) in [6.07, 6.45) is -3.92. The highest BCUT2D eigenvalue weighted by atomic mass is 19.4. The second-order valence-electron chi connectivity index (χ2n) is 6.85. The van der Waals surface area contributed by atoms with Gasteiger partial charge >= 0.3 is 6.18 Å². The van der Waals surface area contributed by atoms with Gasteiger partial charge in [0.15, 0.2) is 0 Å². The van der Waals surface area contributed by atoms with Crippen molar-refractivity contribution in [2.24, 2.45) is 5.41 Å². The van der Waals surface area contributed by atoms with Crippen LogP contribution in [0.15, 0.2) is 24.3 Å². The molecule has 2 aliphatic rings. The minimum Gasteiger partial charge on any atom is -0.383 e. The van der Waals surface area contributed by atoms with E-state index in [1.807, 2.05) is 0 Å². The summed E-state index contributed by atoms with van der Waals surface area (Å²) in [5.74, 6) is -0.392. The fourth-order valence-corrected chi connectivity index (χ4v) is 3.66. The number of benzene rings is 1. The number of nitrogens with zero attached hydrogens (tertiary/aromatic N) is 1. The molecule has 1 amide bonds. The predicted octanol–water partition coefficient (Wildman–Crippen LogP) is 1.82. The molecule has 3 rings (SSSR count). The number of halogens is 3. The lowest BCUT2D eigenvalue weighted by molar-refractivity contribution is -0.139. The van der Waals surface area contributed by atoms with Gasteiger partial charge in [-0.15, -0.1) is 0 Å². The monoisotopic (exact) mass is 342 g/mol. The molecule has 2 saturated heterocycles. The first-order valence-electron chi connectivity index (χ1n) is 8.13. The molecule has 2 heterocycles. The molecule has 24 heavy (non-hydrogen) atoms. The zero-order valence-electron chi connectivity index (χ0n) is 13.3. The summed E-state index contributed by atoms with van der Waals surface area (Å²) in [5.41, 5.74) is -0.357. The third kappa shape index (κ3) is 3.57. The van der Waals surface area contributed by atoms with Crippen molar-refractivity contribution in [3.8, 4) is 0 Å². The quantitative estimate of drug-likeness (QED) is 0.881. The lowest BCUT2D eigenvalue weighted by atomic mass is 9.86. The number of carbonyl (C=O) groups excluding carboxylic acids is 1. The number of hydrogen-bond acceptors (Lipinski definition) is 3. The van der Waals surface area contributed by atoms with Crippen LogP contribution in [0, 0.1) is 5.41 Å². The standard InChI is InChI=1S/C17H21F3N2O2/c18-17(19,20)13-3-1-2-12(8-13)9-14(23)15(24)22-7-5-16(11-22)4-6-21-10-16/h1-3,8,14,21,23H,4-7,9-11H2/t14-,16+/m1/s1. The van der Waals surface area contributed by atoms with E-state index in [1.54, 1.807) is 4.90 Å². The summed E-state index contributed by atoms with van der Waals surface area (Å²) in [4.78, 5) is 14.0. The van der Waals surface area contributed by atoms with Crippen molar-refractivity contribution < 1.29 is 23.1 Å². The number of hydrogen-bond donors (Lipinski definition) is 2. The van der Waals surface area contributed by atoms with Crippen LogP contribution in [0.1, 0.15) is 24.0 Å². The Hall–Kier alpha value is -1.60. The topological polar surface area (TPSA) is 52.6 Å². The van der Waals surface area contributed by atoms with Gasteiger partial charge in [-0.1, -0.05) is 18.2 Å². The SMILES string of the molecule is O=C([C@H](O)Cc1cccc(C(F)(F)F)c1)N1CC[C@]2(CCNC2)C1. The first-order valence-corrected chi connectivity index (χ1v) is 8.13. The fourth-order valence-electron chi connectivity index (χ4n) is 3.66. The van der Waals surface area contributed by atoms with Crippen LogP contribution in [0.25, 0.3) is 0 Å². The maximum Gasteiger partial charge on any atom is 0.416 e.